The van der Waals surface area contributed by atoms with E-state index in [2.05, 4.69) is 5.32 Å². The number of rotatable bonds is 3. The molecule has 1 aromatic rings. The van der Waals surface area contributed by atoms with E-state index in [1.165, 1.54) is 21.7 Å². The summed E-state index contributed by atoms with van der Waals surface area (Å²) in [6.45, 7) is 0.950. The highest BCUT2D eigenvalue weighted by Gasteiger charge is 2.33. The SMILES string of the molecule is CN(C(=O)c1cc([N+](=O)[O-])cn1C)[C@@H]1CNC[C@H]1O. The molecule has 2 atom stereocenters. The van der Waals surface area contributed by atoms with Gasteiger partial charge in [-0.05, 0) is 0 Å². The van der Waals surface area contributed by atoms with Gasteiger partial charge in [-0.2, -0.15) is 0 Å². The van der Waals surface area contributed by atoms with Gasteiger partial charge in [0.05, 0.1) is 23.3 Å². The molecule has 8 nitrogen and oxygen atoms in total. The van der Waals surface area contributed by atoms with Crippen molar-refractivity contribution >= 4 is 11.6 Å². The average Bonchev–Trinajstić information content (AvgIpc) is 2.93. The summed E-state index contributed by atoms with van der Waals surface area (Å²) in [5.41, 5.74) is 0.109. The highest BCUT2D eigenvalue weighted by atomic mass is 16.6. The lowest BCUT2D eigenvalue weighted by Gasteiger charge is -2.26. The van der Waals surface area contributed by atoms with E-state index in [1.54, 1.807) is 14.1 Å². The van der Waals surface area contributed by atoms with E-state index in [4.69, 9.17) is 0 Å². The van der Waals surface area contributed by atoms with Crippen molar-refractivity contribution in [3.63, 3.8) is 0 Å². The monoisotopic (exact) mass is 268 g/mol. The Hall–Kier alpha value is -1.93. The summed E-state index contributed by atoms with van der Waals surface area (Å²) in [7, 11) is 3.17. The Morgan fingerprint density at radius 1 is 1.63 bits per heavy atom. The summed E-state index contributed by atoms with van der Waals surface area (Å²) in [6.07, 6.45) is 0.675. The van der Waals surface area contributed by atoms with Crippen molar-refractivity contribution in [2.75, 3.05) is 20.1 Å². The number of nitrogens with zero attached hydrogens (tertiary/aromatic N) is 3. The van der Waals surface area contributed by atoms with Crippen LogP contribution in [0.3, 0.4) is 0 Å². The summed E-state index contributed by atoms with van der Waals surface area (Å²) in [5, 5.41) is 23.4. The maximum atomic E-state index is 12.3. The number of hydrogen-bond donors (Lipinski definition) is 2. The molecule has 1 fully saturated rings. The number of β-amino-alcohol motifs (C(OH)–C–C–N with tert-alkyl or cyclic N) is 1. The number of likely N-dealkylation sites (N-methyl/N-ethyl adjacent to an activating group) is 1. The van der Waals surface area contributed by atoms with Crippen molar-refractivity contribution in [1.29, 1.82) is 0 Å². The van der Waals surface area contributed by atoms with Crippen LogP contribution in [0, 0.1) is 10.1 Å². The van der Waals surface area contributed by atoms with Gasteiger partial charge in [0.1, 0.15) is 5.69 Å². The van der Waals surface area contributed by atoms with Crippen molar-refractivity contribution in [2.24, 2.45) is 7.05 Å². The van der Waals surface area contributed by atoms with Gasteiger partial charge in [0.15, 0.2) is 0 Å². The average molecular weight is 268 g/mol. The van der Waals surface area contributed by atoms with Crippen molar-refractivity contribution in [1.82, 2.24) is 14.8 Å². The number of aromatic nitrogens is 1. The molecule has 1 aliphatic rings. The van der Waals surface area contributed by atoms with E-state index in [9.17, 15) is 20.0 Å². The third-order valence-corrected chi connectivity index (χ3v) is 3.39. The molecule has 0 saturated carbocycles. The standard InChI is InChI=1S/C11H16N4O4/c1-13-6-7(15(18)19)3-8(13)11(17)14(2)9-4-12-5-10(9)16/h3,6,9-10,12,16H,4-5H2,1-2H3/t9-,10-/m1/s1. The normalized spacial score (nSPS) is 22.5. The molecule has 0 spiro atoms. The minimum atomic E-state index is -0.621. The highest BCUT2D eigenvalue weighted by molar-refractivity contribution is 5.93. The summed E-state index contributed by atoms with van der Waals surface area (Å²) in [4.78, 5) is 23.8. The van der Waals surface area contributed by atoms with Gasteiger partial charge in [0.25, 0.3) is 11.6 Å². The van der Waals surface area contributed by atoms with Crippen LogP contribution >= 0.6 is 0 Å². The van der Waals surface area contributed by atoms with E-state index >= 15 is 0 Å². The lowest BCUT2D eigenvalue weighted by atomic mass is 10.2. The molecule has 0 unspecified atom stereocenters. The molecule has 1 aliphatic heterocycles. The van der Waals surface area contributed by atoms with E-state index in [1.807, 2.05) is 0 Å². The zero-order valence-electron chi connectivity index (χ0n) is 10.7. The van der Waals surface area contributed by atoms with Crippen LogP contribution < -0.4 is 5.32 Å². The van der Waals surface area contributed by atoms with Gasteiger partial charge >= 0.3 is 0 Å². The molecule has 0 bridgehead atoms. The minimum Gasteiger partial charge on any atom is -0.390 e. The predicted octanol–water partition coefficient (Wildman–Crippen LogP) is -0.662. The van der Waals surface area contributed by atoms with Crippen molar-refractivity contribution in [2.45, 2.75) is 12.1 Å². The Bertz CT molecular complexity index is 513. The molecule has 104 valence electrons. The lowest BCUT2D eigenvalue weighted by Crippen LogP contribution is -2.44. The van der Waals surface area contributed by atoms with Crippen LogP contribution in [-0.4, -0.2) is 57.7 Å². The Balaban J connectivity index is 2.21. The highest BCUT2D eigenvalue weighted by Crippen LogP contribution is 2.18. The van der Waals surface area contributed by atoms with Crippen molar-refractivity contribution < 1.29 is 14.8 Å². The minimum absolute atomic E-state index is 0.121. The van der Waals surface area contributed by atoms with Crippen LogP contribution in [0.4, 0.5) is 5.69 Å². The van der Waals surface area contributed by atoms with Gasteiger partial charge in [-0.1, -0.05) is 0 Å². The predicted molar refractivity (Wildman–Crippen MR) is 66.8 cm³/mol. The quantitative estimate of drug-likeness (QED) is 0.560. The summed E-state index contributed by atoms with van der Waals surface area (Å²) in [6, 6.07) is 0.926. The number of aliphatic hydroxyl groups is 1. The van der Waals surface area contributed by atoms with Crippen LogP contribution in [-0.2, 0) is 7.05 Å². The number of carbonyl (C=O) groups excluding carboxylic acids is 1. The third-order valence-electron chi connectivity index (χ3n) is 3.39. The van der Waals surface area contributed by atoms with Crippen LogP contribution in [0.2, 0.25) is 0 Å². The first-order valence-corrected chi connectivity index (χ1v) is 5.88. The lowest BCUT2D eigenvalue weighted by molar-refractivity contribution is -0.384. The molecule has 0 radical (unpaired) electrons. The van der Waals surface area contributed by atoms with Crippen LogP contribution in [0.1, 0.15) is 10.5 Å². The fourth-order valence-corrected chi connectivity index (χ4v) is 2.24. The molecule has 1 amide bonds. The Kier molecular flexibility index (Phi) is 3.54. The first kappa shape index (κ1) is 13.5. The third kappa shape index (κ3) is 2.45. The second-order valence-electron chi connectivity index (χ2n) is 4.66. The number of carbonyl (C=O) groups is 1. The number of hydrogen-bond acceptors (Lipinski definition) is 5. The second-order valence-corrected chi connectivity index (χ2v) is 4.66. The van der Waals surface area contributed by atoms with Crippen molar-refractivity contribution in [3.8, 4) is 0 Å². The molecule has 19 heavy (non-hydrogen) atoms. The molecular formula is C11H16N4O4. The van der Waals surface area contributed by atoms with Gasteiger partial charge in [-0.15, -0.1) is 0 Å². The molecule has 0 aromatic carbocycles. The molecular weight excluding hydrogens is 252 g/mol. The number of nitrogens with one attached hydrogen (secondary N) is 1. The largest absolute Gasteiger partial charge is 0.390 e. The first-order valence-electron chi connectivity index (χ1n) is 5.88. The maximum absolute atomic E-state index is 12.3. The summed E-state index contributed by atoms with van der Waals surface area (Å²) < 4.78 is 1.42. The Morgan fingerprint density at radius 2 is 2.32 bits per heavy atom. The topological polar surface area (TPSA) is 101 Å². The molecule has 2 heterocycles. The van der Waals surface area contributed by atoms with Gasteiger partial charge < -0.3 is 19.9 Å². The van der Waals surface area contributed by atoms with E-state index in [0.717, 1.165) is 0 Å². The van der Waals surface area contributed by atoms with E-state index in [0.29, 0.717) is 13.1 Å². The molecule has 1 aromatic heterocycles. The number of amides is 1. The number of nitro groups is 1. The maximum Gasteiger partial charge on any atom is 0.287 e. The fraction of sp³-hybridized carbons (Fsp3) is 0.545. The zero-order chi connectivity index (χ0) is 14.2. The van der Waals surface area contributed by atoms with Crippen LogP contribution in [0.15, 0.2) is 12.3 Å². The fourth-order valence-electron chi connectivity index (χ4n) is 2.24. The molecule has 0 aliphatic carbocycles. The smallest absolute Gasteiger partial charge is 0.287 e. The van der Waals surface area contributed by atoms with E-state index < -0.39 is 11.0 Å². The van der Waals surface area contributed by atoms with Gasteiger partial charge in [0, 0.05) is 33.3 Å². The summed E-state index contributed by atoms with van der Waals surface area (Å²) >= 11 is 0. The molecule has 8 heteroatoms. The molecule has 2 rings (SSSR count). The van der Waals surface area contributed by atoms with Crippen molar-refractivity contribution in [3.05, 3.63) is 28.1 Å². The van der Waals surface area contributed by atoms with Crippen LogP contribution in [0.5, 0.6) is 0 Å². The van der Waals surface area contributed by atoms with Gasteiger partial charge in [-0.3, -0.25) is 14.9 Å². The van der Waals surface area contributed by atoms with Gasteiger partial charge in [0.2, 0.25) is 0 Å². The first-order chi connectivity index (χ1) is 8.91. The Labute approximate surface area is 109 Å². The zero-order valence-corrected chi connectivity index (χ0v) is 10.7. The number of aryl methyl sites for hydroxylation is 1. The Morgan fingerprint density at radius 3 is 2.79 bits per heavy atom. The van der Waals surface area contributed by atoms with E-state index in [-0.39, 0.29) is 23.3 Å². The summed E-state index contributed by atoms with van der Waals surface area (Å²) in [5.74, 6) is -0.344. The molecule has 1 saturated heterocycles. The van der Waals surface area contributed by atoms with Gasteiger partial charge in [-0.25, -0.2) is 0 Å². The molecule has 2 N–H and O–H groups in total. The number of aliphatic hydroxyl groups excluding tert-OH is 1. The van der Waals surface area contributed by atoms with Crippen LogP contribution in [0.25, 0.3) is 0 Å². The second kappa shape index (κ2) is 4.98.